The van der Waals surface area contributed by atoms with Gasteiger partial charge in [0.1, 0.15) is 5.65 Å². The minimum atomic E-state index is 0.326. The molecule has 0 unspecified atom stereocenters. The van der Waals surface area contributed by atoms with E-state index in [2.05, 4.69) is 39.8 Å². The number of nitrogens with zero attached hydrogens (tertiary/aromatic N) is 4. The average molecular weight is 347 g/mol. The zero-order valence-electron chi connectivity index (χ0n) is 14.9. The minimum absolute atomic E-state index is 0.326. The molecule has 0 aliphatic heterocycles. The summed E-state index contributed by atoms with van der Waals surface area (Å²) in [7, 11) is 0. The van der Waals surface area contributed by atoms with Crippen LogP contribution in [0, 0.1) is 0 Å². The van der Waals surface area contributed by atoms with Crippen molar-refractivity contribution in [2.45, 2.75) is 32.7 Å². The van der Waals surface area contributed by atoms with Gasteiger partial charge in [0.25, 0.3) is 0 Å². The van der Waals surface area contributed by atoms with E-state index >= 15 is 0 Å². The first-order valence-electron chi connectivity index (χ1n) is 8.89. The van der Waals surface area contributed by atoms with Crippen molar-refractivity contribution < 1.29 is 4.42 Å². The Hall–Kier alpha value is -3.15. The summed E-state index contributed by atoms with van der Waals surface area (Å²) < 4.78 is 7.80. The lowest BCUT2D eigenvalue weighted by molar-refractivity contribution is 0.478. The number of nitrogens with one attached hydrogen (secondary N) is 1. The summed E-state index contributed by atoms with van der Waals surface area (Å²) in [4.78, 5) is 13.3. The topological polar surface area (TPSA) is 68.8 Å². The van der Waals surface area contributed by atoms with E-state index < -0.39 is 0 Å². The molecule has 132 valence electrons. The zero-order chi connectivity index (χ0) is 17.9. The normalized spacial score (nSPS) is 11.3. The number of anilines is 2. The first-order valence-corrected chi connectivity index (χ1v) is 8.89. The van der Waals surface area contributed by atoms with Crippen molar-refractivity contribution in [3.05, 3.63) is 55.2 Å². The van der Waals surface area contributed by atoms with Gasteiger partial charge in [-0.3, -0.25) is 0 Å². The number of fused-ring (bicyclic) bond motifs is 1. The zero-order valence-corrected chi connectivity index (χ0v) is 14.9. The monoisotopic (exact) mass is 347 g/mol. The van der Waals surface area contributed by atoms with Gasteiger partial charge in [0, 0.05) is 23.3 Å². The van der Waals surface area contributed by atoms with Crippen molar-refractivity contribution in [3.8, 4) is 11.5 Å². The van der Waals surface area contributed by atoms with Crippen LogP contribution in [0.2, 0.25) is 0 Å². The molecule has 1 aromatic carbocycles. The summed E-state index contributed by atoms with van der Waals surface area (Å²) in [5.74, 6) is 1.32. The summed E-state index contributed by atoms with van der Waals surface area (Å²) in [5, 5.41) is 4.26. The van der Waals surface area contributed by atoms with Crippen LogP contribution in [0.25, 0.3) is 22.5 Å². The molecule has 0 fully saturated rings. The molecule has 0 spiro atoms. The number of hydrogen-bond donors (Lipinski definition) is 1. The number of oxazole rings is 1. The van der Waals surface area contributed by atoms with Crippen molar-refractivity contribution in [2.75, 3.05) is 5.32 Å². The molecule has 3 aromatic heterocycles. The highest BCUT2D eigenvalue weighted by atomic mass is 16.3. The molecule has 0 atom stereocenters. The van der Waals surface area contributed by atoms with Crippen molar-refractivity contribution >= 4 is 22.7 Å². The smallest absolute Gasteiger partial charge is 0.229 e. The molecule has 4 aromatic rings. The molecular weight excluding hydrogens is 326 g/mol. The molecule has 0 saturated carbocycles. The van der Waals surface area contributed by atoms with Gasteiger partial charge in [-0.05, 0) is 31.0 Å². The van der Waals surface area contributed by atoms with Crippen LogP contribution in [0.3, 0.4) is 0 Å². The van der Waals surface area contributed by atoms with Crippen molar-refractivity contribution in [1.29, 1.82) is 0 Å². The third kappa shape index (κ3) is 2.94. The molecule has 3 heterocycles. The quantitative estimate of drug-likeness (QED) is 0.520. The standard InChI is InChI=1S/C20H21N5O/c1-3-16(4-2)25-17(18-12-21-13-26-18)10-14-11-22-20(24-19(14)25)23-15-8-6-5-7-9-15/h5-13,16H,3-4H2,1-2H3,(H,22,23,24). The maximum absolute atomic E-state index is 5.56. The fourth-order valence-electron chi connectivity index (χ4n) is 3.27. The average Bonchev–Trinajstić information content (AvgIpc) is 3.32. The van der Waals surface area contributed by atoms with E-state index in [1.165, 1.54) is 6.39 Å². The van der Waals surface area contributed by atoms with Crippen molar-refractivity contribution in [3.63, 3.8) is 0 Å². The summed E-state index contributed by atoms with van der Waals surface area (Å²) in [5.41, 5.74) is 2.85. The number of hydrogen-bond acceptors (Lipinski definition) is 5. The first-order chi connectivity index (χ1) is 12.8. The van der Waals surface area contributed by atoms with Gasteiger partial charge in [0.2, 0.25) is 5.95 Å². The lowest BCUT2D eigenvalue weighted by Gasteiger charge is -2.18. The molecule has 6 nitrogen and oxygen atoms in total. The highest BCUT2D eigenvalue weighted by Crippen LogP contribution is 2.33. The molecule has 0 saturated heterocycles. The Kier molecular flexibility index (Phi) is 4.39. The van der Waals surface area contributed by atoms with Gasteiger partial charge in [-0.2, -0.15) is 4.98 Å². The van der Waals surface area contributed by atoms with E-state index in [4.69, 9.17) is 9.40 Å². The lowest BCUT2D eigenvalue weighted by atomic mass is 10.1. The number of benzene rings is 1. The molecule has 0 amide bonds. The molecule has 6 heteroatoms. The van der Waals surface area contributed by atoms with Gasteiger partial charge in [-0.15, -0.1) is 0 Å². The highest BCUT2D eigenvalue weighted by molar-refractivity contribution is 5.83. The molecule has 0 aliphatic rings. The Labute approximate surface area is 151 Å². The highest BCUT2D eigenvalue weighted by Gasteiger charge is 2.20. The maximum Gasteiger partial charge on any atom is 0.229 e. The van der Waals surface area contributed by atoms with Crippen molar-refractivity contribution in [2.24, 2.45) is 0 Å². The Bertz CT molecular complexity index is 988. The van der Waals surface area contributed by atoms with Gasteiger partial charge in [-0.25, -0.2) is 9.97 Å². The number of para-hydroxylation sites is 1. The van der Waals surface area contributed by atoms with E-state index in [0.29, 0.717) is 12.0 Å². The largest absolute Gasteiger partial charge is 0.442 e. The van der Waals surface area contributed by atoms with Crippen LogP contribution < -0.4 is 5.32 Å². The van der Waals surface area contributed by atoms with Crippen LogP contribution in [0.4, 0.5) is 11.6 Å². The summed E-state index contributed by atoms with van der Waals surface area (Å²) in [6.45, 7) is 4.38. The van der Waals surface area contributed by atoms with E-state index in [9.17, 15) is 0 Å². The Balaban J connectivity index is 1.84. The SMILES string of the molecule is CCC(CC)n1c(-c2cnco2)cc2cnc(Nc3ccccc3)nc21. The maximum atomic E-state index is 5.56. The van der Waals surface area contributed by atoms with Gasteiger partial charge < -0.3 is 14.3 Å². The van der Waals surface area contributed by atoms with Gasteiger partial charge in [-0.1, -0.05) is 32.0 Å². The van der Waals surface area contributed by atoms with Crippen LogP contribution in [0.15, 0.2) is 59.6 Å². The van der Waals surface area contributed by atoms with Gasteiger partial charge >= 0.3 is 0 Å². The Morgan fingerprint density at radius 3 is 2.62 bits per heavy atom. The Morgan fingerprint density at radius 1 is 1.12 bits per heavy atom. The lowest BCUT2D eigenvalue weighted by Crippen LogP contribution is -2.09. The molecular formula is C20H21N5O. The summed E-state index contributed by atoms with van der Waals surface area (Å²) in [6, 6.07) is 12.3. The first kappa shape index (κ1) is 16.3. The van der Waals surface area contributed by atoms with Gasteiger partial charge in [0.05, 0.1) is 11.9 Å². The van der Waals surface area contributed by atoms with E-state index in [0.717, 1.165) is 41.0 Å². The minimum Gasteiger partial charge on any atom is -0.442 e. The third-order valence-electron chi connectivity index (χ3n) is 4.60. The van der Waals surface area contributed by atoms with Crippen LogP contribution in [0.1, 0.15) is 32.7 Å². The second-order valence-corrected chi connectivity index (χ2v) is 6.20. The second kappa shape index (κ2) is 7.00. The van der Waals surface area contributed by atoms with E-state index in [-0.39, 0.29) is 0 Å². The number of rotatable bonds is 6. The fraction of sp³-hybridized carbons (Fsp3) is 0.250. The van der Waals surface area contributed by atoms with Gasteiger partial charge in [0.15, 0.2) is 12.2 Å². The van der Waals surface area contributed by atoms with E-state index in [1.807, 2.05) is 36.5 Å². The summed E-state index contributed by atoms with van der Waals surface area (Å²) >= 11 is 0. The van der Waals surface area contributed by atoms with Crippen LogP contribution >= 0.6 is 0 Å². The molecule has 0 aliphatic carbocycles. The molecule has 26 heavy (non-hydrogen) atoms. The molecule has 4 rings (SSSR count). The molecule has 1 N–H and O–H groups in total. The number of aromatic nitrogens is 4. The molecule has 0 radical (unpaired) electrons. The molecule has 0 bridgehead atoms. The van der Waals surface area contributed by atoms with Crippen molar-refractivity contribution in [1.82, 2.24) is 19.5 Å². The predicted octanol–water partition coefficient (Wildman–Crippen LogP) is 5.19. The van der Waals surface area contributed by atoms with E-state index in [1.54, 1.807) is 6.20 Å². The fourth-order valence-corrected chi connectivity index (χ4v) is 3.27. The third-order valence-corrected chi connectivity index (χ3v) is 4.60. The summed E-state index contributed by atoms with van der Waals surface area (Å²) in [6.07, 6.45) is 7.06. The van der Waals surface area contributed by atoms with Crippen LogP contribution in [-0.2, 0) is 0 Å². The second-order valence-electron chi connectivity index (χ2n) is 6.20. The van der Waals surface area contributed by atoms with Crippen LogP contribution in [-0.4, -0.2) is 19.5 Å². The van der Waals surface area contributed by atoms with Crippen LogP contribution in [0.5, 0.6) is 0 Å². The Morgan fingerprint density at radius 2 is 1.92 bits per heavy atom. The predicted molar refractivity (Wildman–Crippen MR) is 102 cm³/mol.